The predicted octanol–water partition coefficient (Wildman–Crippen LogP) is 1.43. The first kappa shape index (κ1) is 16.4. The van der Waals surface area contributed by atoms with Crippen LogP contribution in [0.5, 0.6) is 0 Å². The molecule has 0 aromatic carbocycles. The van der Waals surface area contributed by atoms with Gasteiger partial charge in [-0.15, -0.1) is 11.3 Å². The van der Waals surface area contributed by atoms with Crippen LogP contribution in [-0.2, 0) is 16.1 Å². The Morgan fingerprint density at radius 3 is 2.70 bits per heavy atom. The number of halogens is 3. The van der Waals surface area contributed by atoms with Gasteiger partial charge in [-0.2, -0.15) is 13.2 Å². The molecule has 0 bridgehead atoms. The largest absolute Gasteiger partial charge is 0.476 e. The summed E-state index contributed by atoms with van der Waals surface area (Å²) in [5, 5.41) is 12.8. The Hall–Kier alpha value is -1.68. The molecule has 0 unspecified atom stereocenters. The quantitative estimate of drug-likeness (QED) is 0.744. The van der Waals surface area contributed by atoms with E-state index in [2.05, 4.69) is 15.0 Å². The molecule has 0 aliphatic rings. The Morgan fingerprint density at radius 1 is 1.45 bits per heavy atom. The first-order valence-corrected chi connectivity index (χ1v) is 6.25. The first-order valence-electron chi connectivity index (χ1n) is 5.37. The van der Waals surface area contributed by atoms with E-state index in [0.717, 1.165) is 11.3 Å². The lowest BCUT2D eigenvalue weighted by Crippen LogP contribution is -2.25. The van der Waals surface area contributed by atoms with Gasteiger partial charge in [-0.1, -0.05) is 0 Å². The Labute approximate surface area is 115 Å². The lowest BCUT2D eigenvalue weighted by molar-refractivity contribution is -0.174. The van der Waals surface area contributed by atoms with Crippen molar-refractivity contribution in [1.82, 2.24) is 10.3 Å². The van der Waals surface area contributed by atoms with Crippen LogP contribution in [0.25, 0.3) is 0 Å². The fourth-order valence-corrected chi connectivity index (χ4v) is 1.81. The van der Waals surface area contributed by atoms with E-state index in [4.69, 9.17) is 5.11 Å². The van der Waals surface area contributed by atoms with Gasteiger partial charge in [0.15, 0.2) is 5.69 Å². The van der Waals surface area contributed by atoms with E-state index in [-0.39, 0.29) is 25.3 Å². The zero-order chi connectivity index (χ0) is 15.2. The average Bonchev–Trinajstić information content (AvgIpc) is 2.80. The van der Waals surface area contributed by atoms with Crippen molar-refractivity contribution < 1.29 is 32.6 Å². The number of carboxylic acid groups (broad SMARTS) is 1. The molecule has 2 N–H and O–H groups in total. The second kappa shape index (κ2) is 7.20. The third kappa shape index (κ3) is 6.48. The van der Waals surface area contributed by atoms with Crippen molar-refractivity contribution >= 4 is 23.2 Å². The third-order valence-electron chi connectivity index (χ3n) is 1.95. The van der Waals surface area contributed by atoms with Gasteiger partial charge < -0.3 is 15.2 Å². The van der Waals surface area contributed by atoms with E-state index >= 15 is 0 Å². The molecule has 1 rings (SSSR count). The number of nitrogens with one attached hydrogen (secondary N) is 1. The minimum Gasteiger partial charge on any atom is -0.476 e. The highest BCUT2D eigenvalue weighted by atomic mass is 32.1. The molecule has 0 saturated heterocycles. The van der Waals surface area contributed by atoms with Crippen LogP contribution in [0.4, 0.5) is 13.2 Å². The number of carboxylic acids is 1. The second-order valence-corrected chi connectivity index (χ2v) is 4.57. The number of alkyl halides is 3. The molecule has 0 aliphatic carbocycles. The molecule has 0 aliphatic heterocycles. The van der Waals surface area contributed by atoms with Crippen molar-refractivity contribution in [2.24, 2.45) is 0 Å². The Bertz CT molecular complexity index is 475. The molecule has 0 spiro atoms. The highest BCUT2D eigenvalue weighted by Crippen LogP contribution is 2.14. The second-order valence-electron chi connectivity index (χ2n) is 3.63. The highest BCUT2D eigenvalue weighted by Gasteiger charge is 2.27. The van der Waals surface area contributed by atoms with E-state index in [1.165, 1.54) is 5.38 Å². The molecule has 0 atom stereocenters. The maximum Gasteiger partial charge on any atom is 0.411 e. The number of nitrogens with zero attached hydrogens (tertiary/aromatic N) is 1. The van der Waals surface area contributed by atoms with Gasteiger partial charge in [-0.25, -0.2) is 9.78 Å². The molecule has 20 heavy (non-hydrogen) atoms. The summed E-state index contributed by atoms with van der Waals surface area (Å²) >= 11 is 1.06. The first-order chi connectivity index (χ1) is 9.28. The van der Waals surface area contributed by atoms with Crippen molar-refractivity contribution in [2.75, 3.05) is 13.2 Å². The lowest BCUT2D eigenvalue weighted by Gasteiger charge is -2.07. The van der Waals surface area contributed by atoms with Crippen LogP contribution in [-0.4, -0.2) is 41.4 Å². The Kier molecular flexibility index (Phi) is 5.89. The number of carbonyl (C=O) groups excluding carboxylic acids is 1. The maximum atomic E-state index is 11.7. The van der Waals surface area contributed by atoms with Gasteiger partial charge in [0.2, 0.25) is 5.91 Å². The maximum absolute atomic E-state index is 11.7. The van der Waals surface area contributed by atoms with E-state index in [9.17, 15) is 22.8 Å². The molecule has 1 aromatic rings. The molecule has 112 valence electrons. The van der Waals surface area contributed by atoms with Gasteiger partial charge in [0.1, 0.15) is 11.6 Å². The Morgan fingerprint density at radius 2 is 2.15 bits per heavy atom. The van der Waals surface area contributed by atoms with Crippen LogP contribution in [0.1, 0.15) is 21.9 Å². The van der Waals surface area contributed by atoms with Gasteiger partial charge in [0.25, 0.3) is 0 Å². The van der Waals surface area contributed by atoms with E-state index in [0.29, 0.717) is 5.01 Å². The fourth-order valence-electron chi connectivity index (χ4n) is 1.11. The molecule has 0 saturated carbocycles. The third-order valence-corrected chi connectivity index (χ3v) is 2.80. The number of rotatable bonds is 7. The lowest BCUT2D eigenvalue weighted by atomic mass is 10.4. The van der Waals surface area contributed by atoms with E-state index in [1.807, 2.05) is 0 Å². The predicted molar refractivity (Wildman–Crippen MR) is 62.4 cm³/mol. The molecule has 1 aromatic heterocycles. The number of ether oxygens (including phenoxy) is 1. The van der Waals surface area contributed by atoms with Crippen LogP contribution in [0.15, 0.2) is 5.38 Å². The molecule has 6 nitrogen and oxygen atoms in total. The van der Waals surface area contributed by atoms with Gasteiger partial charge in [0, 0.05) is 11.8 Å². The summed E-state index contributed by atoms with van der Waals surface area (Å²) in [4.78, 5) is 25.6. The van der Waals surface area contributed by atoms with Gasteiger partial charge in [-0.3, -0.25) is 4.79 Å². The smallest absolute Gasteiger partial charge is 0.411 e. The molecule has 0 fully saturated rings. The highest BCUT2D eigenvalue weighted by molar-refractivity contribution is 7.09. The minimum atomic E-state index is -4.41. The fraction of sp³-hybridized carbons (Fsp3) is 0.500. The summed E-state index contributed by atoms with van der Waals surface area (Å²) in [5.74, 6) is -1.67. The van der Waals surface area contributed by atoms with Crippen molar-refractivity contribution in [3.05, 3.63) is 16.1 Å². The van der Waals surface area contributed by atoms with Gasteiger partial charge >= 0.3 is 12.1 Å². The minimum absolute atomic E-state index is 0.0239. The van der Waals surface area contributed by atoms with Crippen molar-refractivity contribution in [2.45, 2.75) is 19.1 Å². The SMILES string of the molecule is O=C(CCOCC(F)(F)F)NCc1nc(C(=O)O)cs1. The van der Waals surface area contributed by atoms with Gasteiger partial charge in [-0.05, 0) is 0 Å². The van der Waals surface area contributed by atoms with Crippen LogP contribution >= 0.6 is 11.3 Å². The van der Waals surface area contributed by atoms with Crippen LogP contribution in [0.2, 0.25) is 0 Å². The number of amides is 1. The van der Waals surface area contributed by atoms with Crippen LogP contribution in [0.3, 0.4) is 0 Å². The monoisotopic (exact) mass is 312 g/mol. The summed E-state index contributed by atoms with van der Waals surface area (Å²) < 4.78 is 39.5. The number of hydrogen-bond acceptors (Lipinski definition) is 5. The van der Waals surface area contributed by atoms with Gasteiger partial charge in [0.05, 0.1) is 13.2 Å². The number of aromatic carboxylic acids is 1. The standard InChI is InChI=1S/C10H11F3N2O4S/c11-10(12,13)5-19-2-1-7(16)14-3-8-15-6(4-20-8)9(17)18/h4H,1-3,5H2,(H,14,16)(H,17,18). The molecule has 1 amide bonds. The zero-order valence-corrected chi connectivity index (χ0v) is 10.9. The summed E-state index contributed by atoms with van der Waals surface area (Å²) in [7, 11) is 0. The van der Waals surface area contributed by atoms with Crippen molar-refractivity contribution in [1.29, 1.82) is 0 Å². The number of thiazole rings is 1. The molecule has 1 heterocycles. The Balaban J connectivity index is 2.21. The number of hydrogen-bond donors (Lipinski definition) is 2. The average molecular weight is 312 g/mol. The van der Waals surface area contributed by atoms with Crippen molar-refractivity contribution in [3.8, 4) is 0 Å². The topological polar surface area (TPSA) is 88.5 Å². The molecule has 0 radical (unpaired) electrons. The van der Waals surface area contributed by atoms with E-state index in [1.54, 1.807) is 0 Å². The number of aromatic nitrogens is 1. The summed E-state index contributed by atoms with van der Waals surface area (Å²) in [5.41, 5.74) is -0.118. The summed E-state index contributed by atoms with van der Waals surface area (Å²) in [6.07, 6.45) is -4.63. The molecular weight excluding hydrogens is 301 g/mol. The van der Waals surface area contributed by atoms with Crippen LogP contribution in [0, 0.1) is 0 Å². The molecular formula is C10H11F3N2O4S. The van der Waals surface area contributed by atoms with E-state index < -0.39 is 24.7 Å². The summed E-state index contributed by atoms with van der Waals surface area (Å²) in [6, 6.07) is 0. The van der Waals surface area contributed by atoms with Crippen LogP contribution < -0.4 is 5.32 Å². The molecule has 10 heteroatoms. The van der Waals surface area contributed by atoms with Crippen molar-refractivity contribution in [3.63, 3.8) is 0 Å². The summed E-state index contributed by atoms with van der Waals surface area (Å²) in [6.45, 7) is -1.71. The zero-order valence-electron chi connectivity index (χ0n) is 10.1. The number of carbonyl (C=O) groups is 2. The normalized spacial score (nSPS) is 11.3.